The monoisotopic (exact) mass is 582 g/mol. The van der Waals surface area contributed by atoms with Crippen LogP contribution in [0, 0.1) is 0 Å². The van der Waals surface area contributed by atoms with Gasteiger partial charge in [0, 0.05) is 17.2 Å². The molecule has 2 nitrogen and oxygen atoms in total. The van der Waals surface area contributed by atoms with Crippen molar-refractivity contribution in [2.75, 3.05) is 0 Å². The van der Waals surface area contributed by atoms with E-state index in [4.69, 9.17) is 9.97 Å². The van der Waals surface area contributed by atoms with Gasteiger partial charge in [0.2, 0.25) is 0 Å². The molecule has 0 saturated heterocycles. The first-order chi connectivity index (χ1) is 16.5. The fraction of sp³-hybridized carbons (Fsp3) is 0.400. The third-order valence-electron chi connectivity index (χ3n) is 6.20. The second-order valence-electron chi connectivity index (χ2n) is 9.10. The summed E-state index contributed by atoms with van der Waals surface area (Å²) in [6.45, 7) is 4.55. The Morgan fingerprint density at radius 2 is 1.59 bits per heavy atom. The molecule has 0 radical (unpaired) electrons. The Balaban J connectivity index is 1.76. The van der Waals surface area contributed by atoms with Gasteiger partial charge in [-0.3, -0.25) is 0 Å². The number of aromatic nitrogens is 2. The molecule has 1 atom stereocenters. The van der Waals surface area contributed by atoms with Crippen molar-refractivity contribution in [1.82, 2.24) is 9.97 Å². The van der Waals surface area contributed by atoms with Gasteiger partial charge < -0.3 is 0 Å². The molecule has 0 fully saturated rings. The van der Waals surface area contributed by atoms with Crippen molar-refractivity contribution >= 4 is 37.9 Å². The first-order valence-electron chi connectivity index (χ1n) is 12.6. The number of aryl methyl sites for hydroxylation is 2. The highest BCUT2D eigenvalue weighted by atomic mass is 79.9. The minimum Gasteiger partial charge on any atom is -0.238 e. The van der Waals surface area contributed by atoms with Crippen LogP contribution in [-0.4, -0.2) is 9.97 Å². The summed E-state index contributed by atoms with van der Waals surface area (Å²) >= 11 is 6.88. The van der Waals surface area contributed by atoms with Crippen molar-refractivity contribution in [2.45, 2.75) is 77.6 Å². The van der Waals surface area contributed by atoms with Crippen LogP contribution in [0.15, 0.2) is 64.1 Å². The van der Waals surface area contributed by atoms with E-state index in [1.807, 2.05) is 6.08 Å². The second kappa shape index (κ2) is 14.6. The predicted molar refractivity (Wildman–Crippen MR) is 154 cm³/mol. The van der Waals surface area contributed by atoms with Crippen LogP contribution in [0.2, 0.25) is 0 Å². The van der Waals surface area contributed by atoms with E-state index in [9.17, 15) is 0 Å². The molecule has 0 saturated carbocycles. The van der Waals surface area contributed by atoms with E-state index in [1.165, 1.54) is 37.7 Å². The van der Waals surface area contributed by atoms with Crippen LogP contribution < -0.4 is 0 Å². The largest absolute Gasteiger partial charge is 0.238 e. The van der Waals surface area contributed by atoms with Crippen LogP contribution in [0.4, 0.5) is 0 Å². The second-order valence-corrected chi connectivity index (χ2v) is 11.9. The number of hydrogen-bond acceptors (Lipinski definition) is 2. The van der Waals surface area contributed by atoms with Gasteiger partial charge in [-0.05, 0) is 80.8 Å². The normalized spacial score (nSPS) is 11.9. The number of nitrogens with zero attached hydrogens (tertiary/aromatic N) is 2. The van der Waals surface area contributed by atoms with Crippen molar-refractivity contribution < 1.29 is 0 Å². The third-order valence-corrected chi connectivity index (χ3v) is 6.66. The topological polar surface area (TPSA) is 25.8 Å². The fourth-order valence-electron chi connectivity index (χ4n) is 4.19. The Morgan fingerprint density at radius 1 is 0.853 bits per heavy atom. The molecule has 0 aliphatic rings. The van der Waals surface area contributed by atoms with Crippen molar-refractivity contribution in [2.24, 2.45) is 0 Å². The lowest BCUT2D eigenvalue weighted by Gasteiger charge is -2.14. The number of benzene rings is 2. The highest BCUT2D eigenvalue weighted by Gasteiger charge is 2.13. The van der Waals surface area contributed by atoms with Gasteiger partial charge in [-0.15, -0.1) is 0 Å². The van der Waals surface area contributed by atoms with Crippen molar-refractivity contribution in [3.8, 4) is 11.3 Å². The van der Waals surface area contributed by atoms with Crippen LogP contribution in [0.5, 0.6) is 0 Å². The summed E-state index contributed by atoms with van der Waals surface area (Å²) in [5.41, 5.74) is 5.86. The van der Waals surface area contributed by atoms with Gasteiger partial charge >= 0.3 is 0 Å². The molecule has 0 spiro atoms. The molecule has 1 heterocycles. The highest BCUT2D eigenvalue weighted by molar-refractivity contribution is 9.28. The summed E-state index contributed by atoms with van der Waals surface area (Å²) in [5, 5.41) is 0. The number of hydrogen-bond donors (Lipinski definition) is 0. The molecule has 0 aliphatic carbocycles. The molecule has 180 valence electrons. The Labute approximate surface area is 222 Å². The molecular formula is C30H36Br2N2. The smallest absolute Gasteiger partial charge is 0.132 e. The summed E-state index contributed by atoms with van der Waals surface area (Å²) in [6, 6.07) is 21.5. The summed E-state index contributed by atoms with van der Waals surface area (Å²) in [5.74, 6) is 1.37. The van der Waals surface area contributed by atoms with Gasteiger partial charge in [0.1, 0.15) is 5.82 Å². The molecule has 1 unspecified atom stereocenters. The quantitative estimate of drug-likeness (QED) is 0.187. The zero-order valence-corrected chi connectivity index (χ0v) is 23.6. The SMILES string of the molecule is CCCCCCCC(C)c1nc(CCCc2ccccc2)cc(-c2ccc(C=C(Br)Br)cc2)n1. The first-order valence-corrected chi connectivity index (χ1v) is 14.2. The lowest BCUT2D eigenvalue weighted by molar-refractivity contribution is 0.550. The number of halogens is 2. The first kappa shape index (κ1) is 26.8. The van der Waals surface area contributed by atoms with E-state index < -0.39 is 0 Å². The average molecular weight is 584 g/mol. The minimum atomic E-state index is 0.376. The van der Waals surface area contributed by atoms with Crippen LogP contribution >= 0.6 is 31.9 Å². The Kier molecular flexibility index (Phi) is 11.5. The van der Waals surface area contributed by atoms with E-state index in [1.54, 1.807) is 0 Å². The predicted octanol–water partition coefficient (Wildman–Crippen LogP) is 9.87. The Hall–Kier alpha value is -1.78. The molecule has 3 rings (SSSR count). The zero-order chi connectivity index (χ0) is 24.2. The van der Waals surface area contributed by atoms with Crippen molar-refractivity contribution in [3.63, 3.8) is 0 Å². The molecule has 4 heteroatoms. The van der Waals surface area contributed by atoms with E-state index in [0.29, 0.717) is 5.92 Å². The summed E-state index contributed by atoms with van der Waals surface area (Å²) in [7, 11) is 0. The Bertz CT molecular complexity index is 1030. The van der Waals surface area contributed by atoms with Gasteiger partial charge in [0.25, 0.3) is 0 Å². The lowest BCUT2D eigenvalue weighted by atomic mass is 10.00. The molecule has 2 aromatic carbocycles. The van der Waals surface area contributed by atoms with Gasteiger partial charge in [-0.1, -0.05) is 101 Å². The molecule has 0 N–H and O–H groups in total. The van der Waals surface area contributed by atoms with Crippen molar-refractivity contribution in [3.05, 3.63) is 86.7 Å². The lowest BCUT2D eigenvalue weighted by Crippen LogP contribution is -2.06. The maximum atomic E-state index is 5.03. The number of rotatable bonds is 13. The molecule has 34 heavy (non-hydrogen) atoms. The standard InChI is InChI=1S/C30H36Br2N2/c1-3-4-5-6-8-12-23(2)30-33-27(16-11-15-24-13-9-7-10-14-24)22-28(34-30)26-19-17-25(18-20-26)21-29(31)32/h7,9-10,13-14,17-23H,3-6,8,11-12,15-16H2,1-2H3. The van der Waals surface area contributed by atoms with Gasteiger partial charge in [-0.2, -0.15) is 0 Å². The van der Waals surface area contributed by atoms with Gasteiger partial charge in [0.05, 0.1) is 9.09 Å². The maximum Gasteiger partial charge on any atom is 0.132 e. The molecular weight excluding hydrogens is 548 g/mol. The molecule has 0 aliphatic heterocycles. The van der Waals surface area contributed by atoms with Crippen LogP contribution in [-0.2, 0) is 12.8 Å². The maximum absolute atomic E-state index is 5.03. The Morgan fingerprint density at radius 3 is 2.29 bits per heavy atom. The molecule has 3 aromatic rings. The molecule has 0 amide bonds. The summed E-state index contributed by atoms with van der Waals surface area (Å²) in [6.07, 6.45) is 12.8. The van der Waals surface area contributed by atoms with E-state index in [2.05, 4.69) is 106 Å². The van der Waals surface area contributed by atoms with Crippen LogP contribution in [0.3, 0.4) is 0 Å². The molecule has 1 aromatic heterocycles. The third kappa shape index (κ3) is 9.11. The van der Waals surface area contributed by atoms with E-state index >= 15 is 0 Å². The van der Waals surface area contributed by atoms with E-state index in [0.717, 1.165) is 57.4 Å². The van der Waals surface area contributed by atoms with Crippen LogP contribution in [0.25, 0.3) is 17.3 Å². The summed E-state index contributed by atoms with van der Waals surface area (Å²) < 4.78 is 0.936. The molecule has 0 bridgehead atoms. The average Bonchev–Trinajstić information content (AvgIpc) is 2.84. The van der Waals surface area contributed by atoms with Crippen molar-refractivity contribution in [1.29, 1.82) is 0 Å². The van der Waals surface area contributed by atoms with Gasteiger partial charge in [0.15, 0.2) is 0 Å². The van der Waals surface area contributed by atoms with E-state index in [-0.39, 0.29) is 0 Å². The highest BCUT2D eigenvalue weighted by Crippen LogP contribution is 2.26. The zero-order valence-electron chi connectivity index (χ0n) is 20.4. The summed E-state index contributed by atoms with van der Waals surface area (Å²) in [4.78, 5) is 10.1. The fourth-order valence-corrected chi connectivity index (χ4v) is 4.72. The number of unbranched alkanes of at least 4 members (excludes halogenated alkanes) is 4. The van der Waals surface area contributed by atoms with Gasteiger partial charge in [-0.25, -0.2) is 9.97 Å². The minimum absolute atomic E-state index is 0.376. The van der Waals surface area contributed by atoms with Crippen LogP contribution in [0.1, 0.15) is 87.4 Å².